The van der Waals surface area contributed by atoms with Gasteiger partial charge >= 0.3 is 0 Å². The van der Waals surface area contributed by atoms with Crippen LogP contribution in [0.4, 0.5) is 0 Å². The average Bonchev–Trinajstić information content (AvgIpc) is 3.37. The van der Waals surface area contributed by atoms with Crippen molar-refractivity contribution >= 4 is 28.6 Å². The smallest absolute Gasteiger partial charge is 0.262 e. The Bertz CT molecular complexity index is 1270. The van der Waals surface area contributed by atoms with Gasteiger partial charge in [-0.3, -0.25) is 19.1 Å². The van der Waals surface area contributed by atoms with Gasteiger partial charge < -0.3 is 9.73 Å². The number of hydrogen-bond donors (Lipinski definition) is 1. The molecule has 1 aromatic carbocycles. The number of carbonyl (C=O) groups excluding carboxylic acids is 1. The van der Waals surface area contributed by atoms with E-state index in [1.54, 1.807) is 47.4 Å². The first-order valence-electron chi connectivity index (χ1n) is 11.0. The number of pyridine rings is 1. The normalized spacial score (nSPS) is 11.1. The van der Waals surface area contributed by atoms with Crippen molar-refractivity contribution in [1.29, 1.82) is 0 Å². The van der Waals surface area contributed by atoms with Gasteiger partial charge in [0.1, 0.15) is 5.76 Å². The average molecular weight is 463 g/mol. The zero-order chi connectivity index (χ0) is 23.0. The summed E-state index contributed by atoms with van der Waals surface area (Å²) in [5.74, 6) is 1.08. The Morgan fingerprint density at radius 1 is 1.18 bits per heavy atom. The molecule has 0 aliphatic heterocycles. The molecule has 0 aliphatic rings. The molecule has 0 saturated heterocycles. The van der Waals surface area contributed by atoms with Gasteiger partial charge in [-0.2, -0.15) is 0 Å². The Morgan fingerprint density at radius 3 is 2.85 bits per heavy atom. The van der Waals surface area contributed by atoms with Crippen LogP contribution in [-0.4, -0.2) is 20.4 Å². The highest BCUT2D eigenvalue weighted by Gasteiger charge is 2.14. The molecule has 0 radical (unpaired) electrons. The van der Waals surface area contributed by atoms with E-state index in [4.69, 9.17) is 9.40 Å². The number of amides is 1. The van der Waals surface area contributed by atoms with Crippen molar-refractivity contribution in [2.45, 2.75) is 50.2 Å². The summed E-state index contributed by atoms with van der Waals surface area (Å²) in [6.07, 6.45) is 8.15. The number of furan rings is 1. The van der Waals surface area contributed by atoms with Gasteiger partial charge in [-0.15, -0.1) is 0 Å². The molecule has 4 aromatic rings. The van der Waals surface area contributed by atoms with Gasteiger partial charge in [0.15, 0.2) is 5.16 Å². The van der Waals surface area contributed by atoms with Crippen LogP contribution >= 0.6 is 11.8 Å². The van der Waals surface area contributed by atoms with Crippen molar-refractivity contribution in [1.82, 2.24) is 19.9 Å². The second kappa shape index (κ2) is 11.0. The van der Waals surface area contributed by atoms with Crippen LogP contribution in [0.15, 0.2) is 75.5 Å². The van der Waals surface area contributed by atoms with Crippen molar-refractivity contribution in [3.63, 3.8) is 0 Å². The first-order chi connectivity index (χ1) is 16.2. The molecule has 33 heavy (non-hydrogen) atoms. The molecule has 0 unspecified atom stereocenters. The number of unbranched alkanes of at least 4 members (excludes halogenated alkanes) is 2. The predicted molar refractivity (Wildman–Crippen MR) is 129 cm³/mol. The lowest BCUT2D eigenvalue weighted by atomic mass is 10.1. The van der Waals surface area contributed by atoms with E-state index in [9.17, 15) is 9.59 Å². The van der Waals surface area contributed by atoms with E-state index in [-0.39, 0.29) is 11.5 Å². The molecule has 3 aromatic heterocycles. The van der Waals surface area contributed by atoms with E-state index in [0.29, 0.717) is 46.2 Å². The van der Waals surface area contributed by atoms with Crippen LogP contribution < -0.4 is 10.9 Å². The maximum Gasteiger partial charge on any atom is 0.262 e. The Labute approximate surface area is 196 Å². The van der Waals surface area contributed by atoms with E-state index in [1.807, 2.05) is 18.3 Å². The Morgan fingerprint density at radius 2 is 2.09 bits per heavy atom. The minimum Gasteiger partial charge on any atom is -0.467 e. The number of hydrogen-bond acceptors (Lipinski definition) is 6. The van der Waals surface area contributed by atoms with E-state index < -0.39 is 0 Å². The highest BCUT2D eigenvalue weighted by molar-refractivity contribution is 7.98. The largest absolute Gasteiger partial charge is 0.467 e. The highest BCUT2D eigenvalue weighted by Crippen LogP contribution is 2.23. The van der Waals surface area contributed by atoms with E-state index in [1.165, 1.54) is 11.8 Å². The van der Waals surface area contributed by atoms with Crippen LogP contribution in [0.2, 0.25) is 0 Å². The van der Waals surface area contributed by atoms with E-state index in [0.717, 1.165) is 24.8 Å². The van der Waals surface area contributed by atoms with Crippen molar-refractivity contribution in [3.8, 4) is 0 Å². The van der Waals surface area contributed by atoms with Gasteiger partial charge in [0.05, 0.1) is 23.7 Å². The van der Waals surface area contributed by atoms with E-state index in [2.05, 4.69) is 17.2 Å². The molecule has 0 saturated carbocycles. The maximum absolute atomic E-state index is 13.3. The first-order valence-corrected chi connectivity index (χ1v) is 12.0. The van der Waals surface area contributed by atoms with Gasteiger partial charge in [-0.1, -0.05) is 37.6 Å². The predicted octanol–water partition coefficient (Wildman–Crippen LogP) is 4.80. The van der Waals surface area contributed by atoms with Gasteiger partial charge in [0, 0.05) is 30.3 Å². The highest BCUT2D eigenvalue weighted by atomic mass is 32.2. The fourth-order valence-corrected chi connectivity index (χ4v) is 4.44. The summed E-state index contributed by atoms with van der Waals surface area (Å²) in [5.41, 5.74) is 1.95. The maximum atomic E-state index is 13.3. The number of thioether (sulfide) groups is 1. The number of fused-ring (bicyclic) bond motifs is 1. The number of benzene rings is 1. The van der Waals surface area contributed by atoms with Crippen molar-refractivity contribution < 1.29 is 9.21 Å². The SMILES string of the molecule is CCCCCn1c(SCc2cccnc2)nc2cc(C(=O)NCc3ccco3)ccc2c1=O. The zero-order valence-corrected chi connectivity index (χ0v) is 19.3. The lowest BCUT2D eigenvalue weighted by Crippen LogP contribution is -2.25. The van der Waals surface area contributed by atoms with Crippen molar-refractivity contribution in [3.05, 3.63) is 88.4 Å². The summed E-state index contributed by atoms with van der Waals surface area (Å²) >= 11 is 1.51. The van der Waals surface area contributed by atoms with Crippen LogP contribution in [0.5, 0.6) is 0 Å². The number of aromatic nitrogens is 3. The molecule has 0 aliphatic carbocycles. The second-order valence-corrected chi connectivity index (χ2v) is 8.64. The molecule has 0 bridgehead atoms. The molecule has 1 N–H and O–H groups in total. The fraction of sp³-hybridized carbons (Fsp3) is 0.280. The summed E-state index contributed by atoms with van der Waals surface area (Å²) in [5, 5.41) is 4.00. The van der Waals surface area contributed by atoms with E-state index >= 15 is 0 Å². The molecular formula is C25H26N4O3S. The molecule has 1 amide bonds. The number of rotatable bonds is 10. The van der Waals surface area contributed by atoms with Gasteiger partial charge in [0.25, 0.3) is 11.5 Å². The number of nitrogens with zero attached hydrogens (tertiary/aromatic N) is 3. The number of nitrogens with one attached hydrogen (secondary N) is 1. The Kier molecular flexibility index (Phi) is 7.57. The fourth-order valence-electron chi connectivity index (χ4n) is 3.48. The van der Waals surface area contributed by atoms with Crippen LogP contribution in [0.25, 0.3) is 10.9 Å². The molecule has 0 fully saturated rings. The second-order valence-electron chi connectivity index (χ2n) is 7.70. The Hall–Kier alpha value is -3.39. The molecule has 170 valence electrons. The molecule has 0 spiro atoms. The minimum absolute atomic E-state index is 0.0765. The lowest BCUT2D eigenvalue weighted by molar-refractivity contribution is 0.0948. The van der Waals surface area contributed by atoms with Crippen molar-refractivity contribution in [2.24, 2.45) is 0 Å². The molecular weight excluding hydrogens is 436 g/mol. The third-order valence-corrected chi connectivity index (χ3v) is 6.31. The third-order valence-electron chi connectivity index (χ3n) is 5.26. The van der Waals surface area contributed by atoms with Crippen LogP contribution in [0, 0.1) is 0 Å². The Balaban J connectivity index is 1.62. The summed E-state index contributed by atoms with van der Waals surface area (Å²) in [6, 6.07) is 12.5. The topological polar surface area (TPSA) is 90.0 Å². The van der Waals surface area contributed by atoms with Gasteiger partial charge in [0.2, 0.25) is 0 Å². The third kappa shape index (κ3) is 5.70. The molecule has 7 nitrogen and oxygen atoms in total. The van der Waals surface area contributed by atoms with Crippen LogP contribution in [0.1, 0.15) is 47.9 Å². The quantitative estimate of drug-likeness (QED) is 0.207. The lowest BCUT2D eigenvalue weighted by Gasteiger charge is -2.13. The summed E-state index contributed by atoms with van der Waals surface area (Å²) in [7, 11) is 0. The molecule has 4 rings (SSSR count). The summed E-state index contributed by atoms with van der Waals surface area (Å²) in [6.45, 7) is 3.05. The van der Waals surface area contributed by atoms with Crippen molar-refractivity contribution in [2.75, 3.05) is 0 Å². The first kappa shape index (κ1) is 22.8. The standard InChI is InChI=1S/C25H26N4O3S/c1-2-3-4-12-29-24(31)21-10-9-19(23(30)27-16-20-8-6-13-32-20)14-22(21)28-25(29)33-17-18-7-5-11-26-15-18/h5-11,13-15H,2-4,12,16-17H2,1H3,(H,27,30). The minimum atomic E-state index is -0.244. The molecule has 0 atom stereocenters. The van der Waals surface area contributed by atoms with Crippen LogP contribution in [0.3, 0.4) is 0 Å². The monoisotopic (exact) mass is 462 g/mol. The zero-order valence-electron chi connectivity index (χ0n) is 18.5. The van der Waals surface area contributed by atoms with Gasteiger partial charge in [-0.05, 0) is 48.4 Å². The summed E-state index contributed by atoms with van der Waals surface area (Å²) in [4.78, 5) is 34.9. The van der Waals surface area contributed by atoms with Gasteiger partial charge in [-0.25, -0.2) is 4.98 Å². The number of carbonyl (C=O) groups is 1. The molecule has 3 heterocycles. The molecule has 8 heteroatoms. The summed E-state index contributed by atoms with van der Waals surface area (Å²) < 4.78 is 7.02. The van der Waals surface area contributed by atoms with Crippen LogP contribution in [-0.2, 0) is 18.8 Å².